The van der Waals surface area contributed by atoms with Gasteiger partial charge in [0, 0.05) is 23.3 Å². The molecule has 0 saturated heterocycles. The number of Topliss-reactive ketones (excluding diaryl/α,β-unsaturated/α-hetero) is 2. The van der Waals surface area contributed by atoms with Crippen LogP contribution in [0, 0.1) is 11.3 Å². The molecule has 6 rings (SSSR count). The molecule has 0 N–H and O–H groups in total. The minimum atomic E-state index is -6.13. The first-order chi connectivity index (χ1) is 35.0. The number of pyridine rings is 1. The summed E-state index contributed by atoms with van der Waals surface area (Å²) in [6.45, 7) is 0.219. The van der Waals surface area contributed by atoms with E-state index in [9.17, 15) is 115 Å². The number of carbonyl (C=O) groups excluding carboxylic acids is 2. The molecule has 6 aromatic rings. The molecule has 1 aromatic heterocycles. The maximum atomic E-state index is 14.2. The second-order valence-corrected chi connectivity index (χ2v) is 16.5. The standard InChI is InChI=1S/C32H12BF24.C16H13N2O2/c34-25(35,36)13-1-14(26(37,38)39)6-21(5-13)33(22-7-15(27(40,41)42)2-16(8-22)28(43,44)45,23-9-17(29(46,47)48)3-18(10-23)30(49,50)51)24-11-19(31(52,53)54)4-20(12-24)32(55,56)57;17-9-6-15(19)14-7-10-18(11-8-14)12-16(20)13-4-2-1-3-5-13/h1-12H;1-5,7-8,10-11H,6,12H2/q-1;+1. The zero-order valence-electron chi connectivity index (χ0n) is 37.4. The molecule has 0 saturated carbocycles. The highest BCUT2D eigenvalue weighted by Crippen LogP contribution is 2.41. The van der Waals surface area contributed by atoms with Gasteiger partial charge in [0.15, 0.2) is 18.2 Å². The molecule has 0 aliphatic heterocycles. The third kappa shape index (κ3) is 14.3. The number of halogens is 24. The first-order valence-corrected chi connectivity index (χ1v) is 20.8. The smallest absolute Gasteiger partial charge is 0.293 e. The van der Waals surface area contributed by atoms with Crippen LogP contribution in [0.5, 0.6) is 0 Å². The van der Waals surface area contributed by atoms with Gasteiger partial charge in [0.2, 0.25) is 12.3 Å². The highest BCUT2D eigenvalue weighted by molar-refractivity contribution is 7.20. The molecular formula is C48H25BF24N2O2. The van der Waals surface area contributed by atoms with Crippen molar-refractivity contribution in [1.29, 1.82) is 5.26 Å². The van der Waals surface area contributed by atoms with E-state index >= 15 is 0 Å². The van der Waals surface area contributed by atoms with Crippen molar-refractivity contribution in [3.8, 4) is 6.07 Å². The fraction of sp³-hybridized carbons (Fsp3) is 0.208. The third-order valence-corrected chi connectivity index (χ3v) is 11.3. The lowest BCUT2D eigenvalue weighted by Gasteiger charge is -2.46. The number of benzene rings is 5. The zero-order chi connectivity index (χ0) is 58.3. The van der Waals surface area contributed by atoms with Gasteiger partial charge < -0.3 is 0 Å². The second kappa shape index (κ2) is 21.1. The number of hydrogen-bond donors (Lipinski definition) is 0. The van der Waals surface area contributed by atoms with Crippen LogP contribution in [0.2, 0.25) is 0 Å². The fourth-order valence-electron chi connectivity index (χ4n) is 7.87. The van der Waals surface area contributed by atoms with Gasteiger partial charge in [-0.05, 0) is 24.3 Å². The van der Waals surface area contributed by atoms with Crippen LogP contribution < -0.4 is 26.4 Å². The predicted octanol–water partition coefficient (Wildman–Crippen LogP) is 13.2. The Kier molecular flexibility index (Phi) is 16.5. The molecule has 0 radical (unpaired) electrons. The van der Waals surface area contributed by atoms with Crippen LogP contribution >= 0.6 is 0 Å². The number of aromatic nitrogens is 1. The van der Waals surface area contributed by atoms with Crippen molar-refractivity contribution in [3.63, 3.8) is 0 Å². The molecule has 0 aliphatic rings. The molecule has 29 heteroatoms. The first kappa shape index (κ1) is 60.3. The number of ketones is 2. The maximum absolute atomic E-state index is 14.2. The van der Waals surface area contributed by atoms with Crippen LogP contribution in [0.25, 0.3) is 0 Å². The van der Waals surface area contributed by atoms with Crippen LogP contribution in [0.4, 0.5) is 105 Å². The first-order valence-electron chi connectivity index (χ1n) is 20.8. The largest absolute Gasteiger partial charge is 0.416 e. The Balaban J connectivity index is 0.000000455. The number of hydrogen-bond acceptors (Lipinski definition) is 3. The molecule has 0 fully saturated rings. The lowest BCUT2D eigenvalue weighted by Crippen LogP contribution is -2.75. The summed E-state index contributed by atoms with van der Waals surface area (Å²) in [5.74, 6) is -0.208. The maximum Gasteiger partial charge on any atom is 0.416 e. The molecule has 0 spiro atoms. The van der Waals surface area contributed by atoms with Crippen molar-refractivity contribution < 1.29 is 120 Å². The van der Waals surface area contributed by atoms with Gasteiger partial charge in [-0.25, -0.2) is 0 Å². The average Bonchev–Trinajstić information content (AvgIpc) is 3.30. The Morgan fingerprint density at radius 2 is 0.597 bits per heavy atom. The Hall–Kier alpha value is -7.54. The number of rotatable bonds is 9. The van der Waals surface area contributed by atoms with E-state index in [1.54, 1.807) is 41.2 Å². The Bertz CT molecular complexity index is 2740. The molecular weight excluding hydrogens is 1100 g/mol. The summed E-state index contributed by atoms with van der Waals surface area (Å²) in [5, 5.41) is 8.48. The van der Waals surface area contributed by atoms with E-state index in [0.29, 0.717) is 11.1 Å². The molecule has 0 atom stereocenters. The van der Waals surface area contributed by atoms with E-state index in [2.05, 4.69) is 0 Å². The summed E-state index contributed by atoms with van der Waals surface area (Å²) in [6, 6.07) is 5.31. The molecule has 410 valence electrons. The van der Waals surface area contributed by atoms with E-state index in [-0.39, 0.29) is 24.5 Å². The van der Waals surface area contributed by atoms with Crippen LogP contribution in [-0.4, -0.2) is 17.7 Å². The molecule has 77 heavy (non-hydrogen) atoms. The van der Waals surface area contributed by atoms with Crippen molar-refractivity contribution >= 4 is 39.6 Å². The van der Waals surface area contributed by atoms with Gasteiger partial charge in [0.05, 0.1) is 57.0 Å². The molecule has 0 amide bonds. The minimum absolute atomic E-state index is 0.00620. The number of carbonyl (C=O) groups is 2. The van der Waals surface area contributed by atoms with Gasteiger partial charge in [-0.2, -0.15) is 137 Å². The van der Waals surface area contributed by atoms with Crippen LogP contribution in [0.15, 0.2) is 128 Å². The molecule has 5 aromatic carbocycles. The van der Waals surface area contributed by atoms with Crippen molar-refractivity contribution in [3.05, 3.63) is 183 Å². The van der Waals surface area contributed by atoms with Gasteiger partial charge in [-0.15, -0.1) is 0 Å². The molecule has 0 aliphatic carbocycles. The normalized spacial score (nSPS) is 13.1. The average molecular weight is 1130 g/mol. The van der Waals surface area contributed by atoms with Gasteiger partial charge in [0.25, 0.3) is 0 Å². The van der Waals surface area contributed by atoms with Crippen molar-refractivity contribution in [2.24, 2.45) is 0 Å². The highest BCUT2D eigenvalue weighted by Gasteiger charge is 2.47. The van der Waals surface area contributed by atoms with E-state index in [1.165, 1.54) is 0 Å². The monoisotopic (exact) mass is 1130 g/mol. The highest BCUT2D eigenvalue weighted by atomic mass is 19.4. The molecule has 0 unspecified atom stereocenters. The Labute approximate surface area is 415 Å². The van der Waals surface area contributed by atoms with Gasteiger partial charge >= 0.3 is 49.4 Å². The van der Waals surface area contributed by atoms with E-state index < -0.39 is 195 Å². The molecule has 4 nitrogen and oxygen atoms in total. The van der Waals surface area contributed by atoms with Crippen molar-refractivity contribution in [2.75, 3.05) is 0 Å². The summed E-state index contributed by atoms with van der Waals surface area (Å²) in [6.07, 6.45) is -51.6. The van der Waals surface area contributed by atoms with E-state index in [0.717, 1.165) is 0 Å². The lowest BCUT2D eigenvalue weighted by atomic mass is 9.12. The quantitative estimate of drug-likeness (QED) is 0.0627. The predicted molar refractivity (Wildman–Crippen MR) is 222 cm³/mol. The van der Waals surface area contributed by atoms with Gasteiger partial charge in [0.1, 0.15) is 6.15 Å². The number of alkyl halides is 24. The summed E-state index contributed by atoms with van der Waals surface area (Å²) in [4.78, 5) is 23.5. The van der Waals surface area contributed by atoms with Gasteiger partial charge in [-0.3, -0.25) is 9.59 Å². The lowest BCUT2D eigenvalue weighted by molar-refractivity contribution is -0.683. The van der Waals surface area contributed by atoms with Crippen LogP contribution in [-0.2, 0) is 56.0 Å². The van der Waals surface area contributed by atoms with E-state index in [1.807, 2.05) is 24.3 Å². The Morgan fingerprint density at radius 3 is 0.818 bits per heavy atom. The van der Waals surface area contributed by atoms with Crippen LogP contribution in [0.1, 0.15) is 71.6 Å². The summed E-state index contributed by atoms with van der Waals surface area (Å²) in [5.41, 5.74) is -29.1. The van der Waals surface area contributed by atoms with Crippen molar-refractivity contribution in [2.45, 2.75) is 62.4 Å². The molecule has 0 bridgehead atoms. The SMILES string of the molecule is FC(F)(F)c1cc([B-](c2cc(C(F)(F)F)cc(C(F)(F)F)c2)(c2cc(C(F)(F)F)cc(C(F)(F)F)c2)c2cc(C(F)(F)F)cc(C(F)(F)F)c2)cc(C(F)(F)F)c1.N#CCC(=O)c1cc[n+](CC(=O)c2ccccc2)cc1. The van der Waals surface area contributed by atoms with E-state index in [4.69, 9.17) is 5.26 Å². The third-order valence-electron chi connectivity index (χ3n) is 11.3. The zero-order valence-corrected chi connectivity index (χ0v) is 37.4. The second-order valence-electron chi connectivity index (χ2n) is 16.5. The van der Waals surface area contributed by atoms with Crippen LogP contribution in [0.3, 0.4) is 0 Å². The fourth-order valence-corrected chi connectivity index (χ4v) is 7.87. The summed E-state index contributed by atoms with van der Waals surface area (Å²) < 4.78 is 343. The summed E-state index contributed by atoms with van der Waals surface area (Å²) in [7, 11) is 0. The summed E-state index contributed by atoms with van der Waals surface area (Å²) >= 11 is 0. The Morgan fingerprint density at radius 1 is 0.364 bits per heavy atom. The minimum Gasteiger partial charge on any atom is -0.293 e. The number of nitriles is 1. The molecule has 1 heterocycles. The topological polar surface area (TPSA) is 61.8 Å². The van der Waals surface area contributed by atoms with Gasteiger partial charge in [-0.1, -0.05) is 78.9 Å². The van der Waals surface area contributed by atoms with Crippen molar-refractivity contribution in [1.82, 2.24) is 0 Å². The number of nitrogens with zero attached hydrogens (tertiary/aromatic N) is 2.